The predicted octanol–water partition coefficient (Wildman–Crippen LogP) is 0.0898. The number of anilines is 1. The summed E-state index contributed by atoms with van der Waals surface area (Å²) in [6, 6.07) is 6.39. The highest BCUT2D eigenvalue weighted by atomic mass is 35.5. The van der Waals surface area contributed by atoms with Crippen LogP contribution in [0.4, 0.5) is 5.69 Å². The van der Waals surface area contributed by atoms with E-state index >= 15 is 0 Å². The Kier molecular flexibility index (Phi) is 4.57. The van der Waals surface area contributed by atoms with Gasteiger partial charge in [-0.05, 0) is 24.3 Å². The topological polar surface area (TPSA) is 69.7 Å². The molecule has 0 spiro atoms. The van der Waals surface area contributed by atoms with Gasteiger partial charge in [-0.1, -0.05) is 0 Å². The maximum absolute atomic E-state index is 12.3. The first-order chi connectivity index (χ1) is 9.47. The Hall–Kier alpha value is -1.15. The number of carbonyl (C=O) groups is 1. The fourth-order valence-corrected chi connectivity index (χ4v) is 3.30. The lowest BCUT2D eigenvalue weighted by atomic mass is 10.2. The molecule has 2 fully saturated rings. The Balaban J connectivity index is 0.00000161. The number of hydrogen-bond donors (Lipinski definition) is 1. The molecule has 1 amide bonds. The van der Waals surface area contributed by atoms with Crippen molar-refractivity contribution in [1.29, 1.82) is 0 Å². The quantitative estimate of drug-likeness (QED) is 0.832. The summed E-state index contributed by atoms with van der Waals surface area (Å²) in [5.41, 5.74) is 0.747. The van der Waals surface area contributed by atoms with Crippen LogP contribution in [-0.2, 0) is 14.6 Å². The second-order valence-electron chi connectivity index (χ2n) is 5.21. The van der Waals surface area contributed by atoms with Crippen LogP contribution in [0.5, 0.6) is 0 Å². The highest BCUT2D eigenvalue weighted by molar-refractivity contribution is 7.90. The first kappa shape index (κ1) is 16.2. The minimum atomic E-state index is -3.20. The summed E-state index contributed by atoms with van der Waals surface area (Å²) in [6.07, 6.45) is 1.18. The van der Waals surface area contributed by atoms with Gasteiger partial charge >= 0.3 is 0 Å². The van der Waals surface area contributed by atoms with Crippen molar-refractivity contribution in [3.63, 3.8) is 0 Å². The zero-order valence-electron chi connectivity index (χ0n) is 11.7. The molecule has 2 saturated heterocycles. The standard InChI is InChI=1S/C13H17N3O3S.ClH/c1-20(18,19)11-4-2-10(3-5-11)16-9-15-7-6-14-8-12(15)13(16)17;/h2-5,12,14H,6-9H2,1H3;1H. The molecule has 6 nitrogen and oxygen atoms in total. The normalized spacial score (nSPS) is 22.8. The molecule has 1 unspecified atom stereocenters. The molecule has 2 heterocycles. The third kappa shape index (κ3) is 3.06. The highest BCUT2D eigenvalue weighted by Crippen LogP contribution is 2.25. The Morgan fingerprint density at radius 2 is 1.90 bits per heavy atom. The Labute approximate surface area is 130 Å². The molecule has 1 aromatic carbocycles. The fraction of sp³-hybridized carbons (Fsp3) is 0.462. The van der Waals surface area contributed by atoms with Gasteiger partial charge in [0.05, 0.1) is 11.6 Å². The minimum Gasteiger partial charge on any atom is -0.313 e. The largest absolute Gasteiger partial charge is 0.313 e. The first-order valence-electron chi connectivity index (χ1n) is 6.53. The van der Waals surface area contributed by atoms with Crippen LogP contribution >= 0.6 is 12.4 Å². The molecular formula is C13H18ClN3O3S. The summed E-state index contributed by atoms with van der Waals surface area (Å²) in [4.78, 5) is 16.5. The van der Waals surface area contributed by atoms with E-state index in [1.165, 1.54) is 6.26 Å². The lowest BCUT2D eigenvalue weighted by Crippen LogP contribution is -2.50. The molecule has 0 saturated carbocycles. The number of hydrogen-bond acceptors (Lipinski definition) is 5. The van der Waals surface area contributed by atoms with Crippen molar-refractivity contribution < 1.29 is 13.2 Å². The monoisotopic (exact) mass is 331 g/mol. The number of benzene rings is 1. The molecule has 0 bridgehead atoms. The van der Waals surface area contributed by atoms with Gasteiger partial charge in [0.1, 0.15) is 6.04 Å². The minimum absolute atomic E-state index is 0. The molecular weight excluding hydrogens is 314 g/mol. The second kappa shape index (κ2) is 5.92. The van der Waals surface area contributed by atoms with Crippen molar-refractivity contribution in [1.82, 2.24) is 10.2 Å². The number of sulfone groups is 1. The van der Waals surface area contributed by atoms with Gasteiger partial charge in [-0.3, -0.25) is 14.6 Å². The molecule has 0 aliphatic carbocycles. The molecule has 8 heteroatoms. The average Bonchev–Trinajstić information content (AvgIpc) is 2.76. The molecule has 3 rings (SSSR count). The molecule has 2 aliphatic rings. The van der Waals surface area contributed by atoms with E-state index in [1.807, 2.05) is 0 Å². The number of nitrogens with zero attached hydrogens (tertiary/aromatic N) is 2. The van der Waals surface area contributed by atoms with E-state index in [-0.39, 0.29) is 29.3 Å². The van der Waals surface area contributed by atoms with Crippen LogP contribution in [0.1, 0.15) is 0 Å². The van der Waals surface area contributed by atoms with E-state index < -0.39 is 9.84 Å². The number of rotatable bonds is 2. The van der Waals surface area contributed by atoms with E-state index in [4.69, 9.17) is 0 Å². The van der Waals surface area contributed by atoms with Gasteiger partial charge in [-0.25, -0.2) is 8.42 Å². The second-order valence-corrected chi connectivity index (χ2v) is 7.22. The SMILES string of the molecule is CS(=O)(=O)c1ccc(N2CN3CCNCC3C2=O)cc1.Cl. The maximum atomic E-state index is 12.3. The number of nitrogens with one attached hydrogen (secondary N) is 1. The van der Waals surface area contributed by atoms with Gasteiger partial charge in [-0.15, -0.1) is 12.4 Å². The smallest absolute Gasteiger partial charge is 0.246 e. The summed E-state index contributed by atoms with van der Waals surface area (Å²) in [6.45, 7) is 3.00. The lowest BCUT2D eigenvalue weighted by molar-refractivity contribution is -0.119. The zero-order valence-corrected chi connectivity index (χ0v) is 13.3. The van der Waals surface area contributed by atoms with E-state index in [2.05, 4.69) is 10.2 Å². The summed E-state index contributed by atoms with van der Waals surface area (Å²) in [7, 11) is -3.20. The van der Waals surface area contributed by atoms with Crippen LogP contribution in [0.25, 0.3) is 0 Å². The van der Waals surface area contributed by atoms with Crippen LogP contribution < -0.4 is 10.2 Å². The van der Waals surface area contributed by atoms with E-state index in [0.717, 1.165) is 18.8 Å². The summed E-state index contributed by atoms with van der Waals surface area (Å²) < 4.78 is 22.9. The molecule has 1 N–H and O–H groups in total. The summed E-state index contributed by atoms with van der Waals surface area (Å²) >= 11 is 0. The number of fused-ring (bicyclic) bond motifs is 1. The third-order valence-electron chi connectivity index (χ3n) is 3.80. The molecule has 1 atom stereocenters. The van der Waals surface area contributed by atoms with Crippen LogP contribution in [0.15, 0.2) is 29.2 Å². The molecule has 0 radical (unpaired) electrons. The zero-order chi connectivity index (χ0) is 14.3. The van der Waals surface area contributed by atoms with Crippen molar-refractivity contribution in [2.75, 3.05) is 37.5 Å². The van der Waals surface area contributed by atoms with Crippen LogP contribution in [0.3, 0.4) is 0 Å². The van der Waals surface area contributed by atoms with E-state index in [0.29, 0.717) is 13.2 Å². The fourth-order valence-electron chi connectivity index (χ4n) is 2.67. The van der Waals surface area contributed by atoms with Crippen LogP contribution in [0.2, 0.25) is 0 Å². The highest BCUT2D eigenvalue weighted by Gasteiger charge is 2.40. The summed E-state index contributed by atoms with van der Waals surface area (Å²) in [5, 5.41) is 3.22. The summed E-state index contributed by atoms with van der Waals surface area (Å²) in [5.74, 6) is 0.0734. The first-order valence-corrected chi connectivity index (χ1v) is 8.42. The Bertz CT molecular complexity index is 633. The number of halogens is 1. The van der Waals surface area contributed by atoms with E-state index in [1.54, 1.807) is 29.2 Å². The van der Waals surface area contributed by atoms with Crippen molar-refractivity contribution in [2.45, 2.75) is 10.9 Å². The predicted molar refractivity (Wildman–Crippen MR) is 82.5 cm³/mol. The van der Waals surface area contributed by atoms with Crippen LogP contribution in [0, 0.1) is 0 Å². The van der Waals surface area contributed by atoms with Gasteiger partial charge in [0, 0.05) is 31.6 Å². The number of piperazine rings is 1. The Morgan fingerprint density at radius 3 is 2.48 bits per heavy atom. The lowest BCUT2D eigenvalue weighted by Gasteiger charge is -2.26. The molecule has 1 aromatic rings. The van der Waals surface area contributed by atoms with Gasteiger partial charge in [0.25, 0.3) is 0 Å². The molecule has 21 heavy (non-hydrogen) atoms. The van der Waals surface area contributed by atoms with Gasteiger partial charge < -0.3 is 5.32 Å². The molecule has 0 aromatic heterocycles. The Morgan fingerprint density at radius 1 is 1.24 bits per heavy atom. The van der Waals surface area contributed by atoms with E-state index in [9.17, 15) is 13.2 Å². The third-order valence-corrected chi connectivity index (χ3v) is 4.93. The van der Waals surface area contributed by atoms with Crippen LogP contribution in [-0.4, -0.2) is 57.8 Å². The van der Waals surface area contributed by atoms with Crippen molar-refractivity contribution in [2.24, 2.45) is 0 Å². The maximum Gasteiger partial charge on any atom is 0.246 e. The van der Waals surface area contributed by atoms with Crippen molar-refractivity contribution in [3.05, 3.63) is 24.3 Å². The number of carbonyl (C=O) groups excluding carboxylic acids is 1. The van der Waals surface area contributed by atoms with Crippen molar-refractivity contribution >= 4 is 33.8 Å². The van der Waals surface area contributed by atoms with Crippen molar-refractivity contribution in [3.8, 4) is 0 Å². The van der Waals surface area contributed by atoms with Gasteiger partial charge in [-0.2, -0.15) is 0 Å². The van der Waals surface area contributed by atoms with Gasteiger partial charge in [0.15, 0.2) is 9.84 Å². The number of amides is 1. The molecule has 116 valence electrons. The average molecular weight is 332 g/mol. The molecule has 2 aliphatic heterocycles. The van der Waals surface area contributed by atoms with Gasteiger partial charge in [0.2, 0.25) is 5.91 Å².